The average Bonchev–Trinajstić information content (AvgIpc) is 2.86. The van der Waals surface area contributed by atoms with Crippen LogP contribution in [-0.2, 0) is 15.8 Å². The third-order valence-electron chi connectivity index (χ3n) is 4.80. The van der Waals surface area contributed by atoms with E-state index in [4.69, 9.17) is 4.74 Å². The van der Waals surface area contributed by atoms with E-state index >= 15 is 0 Å². The number of nitrogens with one attached hydrogen (secondary N) is 1. The van der Waals surface area contributed by atoms with Gasteiger partial charge in [-0.15, -0.1) is 11.3 Å². The average molecular weight is 235 g/mol. The van der Waals surface area contributed by atoms with Gasteiger partial charge in [0.2, 0.25) is 0 Å². The largest absolute Gasteiger partial charge is 0.367 e. The fraction of sp³-hybridized carbons (Fsp3) is 0.692. The number of hydrogen-bond acceptors (Lipinski definition) is 3. The first-order valence-electron chi connectivity index (χ1n) is 6.20. The lowest BCUT2D eigenvalue weighted by molar-refractivity contribution is -0.145. The molecule has 2 nitrogen and oxygen atoms in total. The van der Waals surface area contributed by atoms with Crippen molar-refractivity contribution >= 4 is 11.3 Å². The van der Waals surface area contributed by atoms with Gasteiger partial charge in [-0.25, -0.2) is 0 Å². The van der Waals surface area contributed by atoms with E-state index in [0.29, 0.717) is 11.5 Å². The van der Waals surface area contributed by atoms with E-state index in [1.807, 2.05) is 11.3 Å². The molecule has 86 valence electrons. The molecule has 2 aliphatic carbocycles. The minimum absolute atomic E-state index is 0.0338. The summed E-state index contributed by atoms with van der Waals surface area (Å²) in [6, 6.07) is 2.88. The van der Waals surface area contributed by atoms with Crippen LogP contribution in [0.3, 0.4) is 0 Å². The van der Waals surface area contributed by atoms with E-state index in [1.165, 1.54) is 30.6 Å². The first-order chi connectivity index (χ1) is 7.81. The minimum Gasteiger partial charge on any atom is -0.367 e. The third kappa shape index (κ3) is 0.957. The molecule has 2 saturated carbocycles. The van der Waals surface area contributed by atoms with Gasteiger partial charge >= 0.3 is 0 Å². The molecule has 2 heterocycles. The van der Waals surface area contributed by atoms with Crippen LogP contribution in [0.1, 0.15) is 36.1 Å². The topological polar surface area (TPSA) is 21.3 Å². The van der Waals surface area contributed by atoms with E-state index in [-0.39, 0.29) is 5.60 Å². The molecule has 0 bridgehead atoms. The van der Waals surface area contributed by atoms with E-state index in [9.17, 15) is 0 Å². The second kappa shape index (κ2) is 2.89. The van der Waals surface area contributed by atoms with Crippen LogP contribution >= 0.6 is 11.3 Å². The maximum absolute atomic E-state index is 6.32. The molecule has 3 heteroatoms. The third-order valence-corrected chi connectivity index (χ3v) is 5.87. The zero-order chi connectivity index (χ0) is 10.8. The van der Waals surface area contributed by atoms with Crippen LogP contribution in [0.5, 0.6) is 0 Å². The maximum atomic E-state index is 6.32. The Bertz CT molecular complexity index is 435. The van der Waals surface area contributed by atoms with Gasteiger partial charge in [-0.3, -0.25) is 0 Å². The van der Waals surface area contributed by atoms with Crippen LogP contribution < -0.4 is 5.32 Å². The lowest BCUT2D eigenvalue weighted by Crippen LogP contribution is -2.59. The van der Waals surface area contributed by atoms with Gasteiger partial charge in [0, 0.05) is 16.3 Å². The molecule has 1 aliphatic heterocycles. The van der Waals surface area contributed by atoms with Gasteiger partial charge in [-0.1, -0.05) is 0 Å². The van der Waals surface area contributed by atoms with Gasteiger partial charge in [0.1, 0.15) is 5.60 Å². The number of hydrogen-bond donors (Lipinski definition) is 1. The second-order valence-electron chi connectivity index (χ2n) is 5.50. The normalized spacial score (nSPS) is 38.4. The molecule has 2 spiro atoms. The molecule has 1 N–H and O–H groups in total. The van der Waals surface area contributed by atoms with Crippen LogP contribution in [-0.4, -0.2) is 19.7 Å². The smallest absolute Gasteiger partial charge is 0.118 e. The molecule has 4 rings (SSSR count). The maximum Gasteiger partial charge on any atom is 0.118 e. The van der Waals surface area contributed by atoms with Crippen LogP contribution in [0.25, 0.3) is 0 Å². The molecular formula is C13H17NOS. The SMILES string of the molecule is CN[C@H]1CC[C@@]12OCC1(CC1)c1ccsc12. The van der Waals surface area contributed by atoms with Crippen LogP contribution in [0.15, 0.2) is 11.4 Å². The predicted molar refractivity (Wildman–Crippen MR) is 64.9 cm³/mol. The Kier molecular flexibility index (Phi) is 1.74. The molecule has 0 amide bonds. The highest BCUT2D eigenvalue weighted by Gasteiger charge is 2.59. The van der Waals surface area contributed by atoms with Crippen molar-refractivity contribution in [2.75, 3.05) is 13.7 Å². The van der Waals surface area contributed by atoms with Crippen molar-refractivity contribution in [1.29, 1.82) is 0 Å². The number of likely N-dealkylation sites (N-methyl/N-ethyl adjacent to an activating group) is 1. The van der Waals surface area contributed by atoms with Gasteiger partial charge in [-0.05, 0) is 49.7 Å². The van der Waals surface area contributed by atoms with Crippen molar-refractivity contribution in [1.82, 2.24) is 5.32 Å². The Morgan fingerprint density at radius 2 is 2.31 bits per heavy atom. The minimum atomic E-state index is 0.0338. The molecular weight excluding hydrogens is 218 g/mol. The molecule has 0 saturated heterocycles. The first-order valence-corrected chi connectivity index (χ1v) is 7.08. The van der Waals surface area contributed by atoms with E-state index in [0.717, 1.165) is 6.61 Å². The molecule has 2 atom stereocenters. The van der Waals surface area contributed by atoms with Crippen molar-refractivity contribution in [2.45, 2.75) is 42.7 Å². The Balaban J connectivity index is 1.83. The van der Waals surface area contributed by atoms with E-state index < -0.39 is 0 Å². The summed E-state index contributed by atoms with van der Waals surface area (Å²) in [7, 11) is 2.06. The number of fused-ring (bicyclic) bond motifs is 3. The lowest BCUT2D eigenvalue weighted by Gasteiger charge is -2.52. The molecule has 2 fully saturated rings. The van der Waals surface area contributed by atoms with Crippen molar-refractivity contribution in [3.63, 3.8) is 0 Å². The summed E-state index contributed by atoms with van der Waals surface area (Å²) in [5.74, 6) is 0. The number of ether oxygens (including phenoxy) is 1. The fourth-order valence-corrected chi connectivity index (χ4v) is 4.66. The summed E-state index contributed by atoms with van der Waals surface area (Å²) < 4.78 is 6.32. The van der Waals surface area contributed by atoms with E-state index in [1.54, 1.807) is 5.56 Å². The highest BCUT2D eigenvalue weighted by Crippen LogP contribution is 2.60. The van der Waals surface area contributed by atoms with Gasteiger partial charge in [0.15, 0.2) is 0 Å². The fourth-order valence-electron chi connectivity index (χ4n) is 3.40. The quantitative estimate of drug-likeness (QED) is 0.807. The summed E-state index contributed by atoms with van der Waals surface area (Å²) in [4.78, 5) is 1.53. The Hall–Kier alpha value is -0.380. The summed E-state index contributed by atoms with van der Waals surface area (Å²) in [5, 5.41) is 5.68. The van der Waals surface area contributed by atoms with Gasteiger partial charge in [-0.2, -0.15) is 0 Å². The highest BCUT2D eigenvalue weighted by molar-refractivity contribution is 7.10. The molecule has 0 aromatic carbocycles. The van der Waals surface area contributed by atoms with Gasteiger partial charge in [0.25, 0.3) is 0 Å². The summed E-state index contributed by atoms with van der Waals surface area (Å²) in [6.07, 6.45) is 5.11. The lowest BCUT2D eigenvalue weighted by atomic mass is 9.69. The summed E-state index contributed by atoms with van der Waals surface area (Å²) >= 11 is 1.90. The Morgan fingerprint density at radius 3 is 2.94 bits per heavy atom. The molecule has 1 aromatic heterocycles. The van der Waals surface area contributed by atoms with Crippen molar-refractivity contribution in [3.8, 4) is 0 Å². The monoisotopic (exact) mass is 235 g/mol. The van der Waals surface area contributed by atoms with Gasteiger partial charge in [0.05, 0.1) is 6.61 Å². The van der Waals surface area contributed by atoms with Crippen molar-refractivity contribution < 1.29 is 4.74 Å². The standard InChI is InChI=1S/C13H17NOS/c1-14-10-2-4-13(10)11-9(3-7-16-11)12(5-6-12)8-15-13/h3,7,10,14H,2,4-6,8H2,1H3/t10-,13+/m0/s1. The zero-order valence-electron chi connectivity index (χ0n) is 9.58. The van der Waals surface area contributed by atoms with Crippen LogP contribution in [0.4, 0.5) is 0 Å². The first kappa shape index (κ1) is 9.63. The Labute approximate surface area is 100 Å². The number of thiophene rings is 1. The van der Waals surface area contributed by atoms with Crippen molar-refractivity contribution in [3.05, 3.63) is 21.9 Å². The second-order valence-corrected chi connectivity index (χ2v) is 6.42. The van der Waals surface area contributed by atoms with Gasteiger partial charge < -0.3 is 10.1 Å². The van der Waals surface area contributed by atoms with Crippen LogP contribution in [0.2, 0.25) is 0 Å². The van der Waals surface area contributed by atoms with Crippen LogP contribution in [0, 0.1) is 0 Å². The molecule has 0 radical (unpaired) electrons. The Morgan fingerprint density at radius 1 is 1.44 bits per heavy atom. The summed E-state index contributed by atoms with van der Waals surface area (Å²) in [5.41, 5.74) is 2.07. The predicted octanol–water partition coefficient (Wildman–Crippen LogP) is 2.39. The summed E-state index contributed by atoms with van der Waals surface area (Å²) in [6.45, 7) is 0.953. The highest BCUT2D eigenvalue weighted by atomic mass is 32.1. The molecule has 1 aromatic rings. The number of rotatable bonds is 1. The molecule has 16 heavy (non-hydrogen) atoms. The molecule has 0 unspecified atom stereocenters. The molecule has 3 aliphatic rings. The van der Waals surface area contributed by atoms with Crippen molar-refractivity contribution in [2.24, 2.45) is 0 Å². The zero-order valence-corrected chi connectivity index (χ0v) is 10.4. The van der Waals surface area contributed by atoms with E-state index in [2.05, 4.69) is 23.8 Å².